The lowest BCUT2D eigenvalue weighted by atomic mass is 10.0. The summed E-state index contributed by atoms with van der Waals surface area (Å²) in [5.74, 6) is -0.109. The van der Waals surface area contributed by atoms with Crippen LogP contribution in [0.15, 0.2) is 15.8 Å². The fourth-order valence-electron chi connectivity index (χ4n) is 4.07. The van der Waals surface area contributed by atoms with Gasteiger partial charge in [0.25, 0.3) is 5.56 Å². The summed E-state index contributed by atoms with van der Waals surface area (Å²) in [6.45, 7) is 6.25. The van der Waals surface area contributed by atoms with Crippen molar-refractivity contribution in [2.45, 2.75) is 110 Å². The molecule has 0 fully saturated rings. The second-order valence-corrected chi connectivity index (χ2v) is 10.7. The van der Waals surface area contributed by atoms with Crippen molar-refractivity contribution in [3.05, 3.63) is 32.6 Å². The molecule has 0 atom stereocenters. The van der Waals surface area contributed by atoms with E-state index in [0.29, 0.717) is 42.8 Å². The first kappa shape index (κ1) is 32.1. The van der Waals surface area contributed by atoms with E-state index in [2.05, 4.69) is 26.0 Å². The SMILES string of the molecule is CCCCCCCCCCCCCCCC(=O)OCC[N+](C)(C)CCOCn1cc(C)c(=O)[nH]c1=O. The van der Waals surface area contributed by atoms with Crippen LogP contribution < -0.4 is 11.2 Å². The molecule has 1 heterocycles. The van der Waals surface area contributed by atoms with Crippen molar-refractivity contribution < 1.29 is 18.8 Å². The Bertz CT molecular complexity index is 831. The number of rotatable bonds is 22. The number of H-pyrrole nitrogens is 1. The van der Waals surface area contributed by atoms with Crippen molar-refractivity contribution in [1.82, 2.24) is 9.55 Å². The first-order chi connectivity index (χ1) is 17.2. The molecule has 0 aliphatic heterocycles. The van der Waals surface area contributed by atoms with E-state index in [1.54, 1.807) is 6.92 Å². The zero-order chi connectivity index (χ0) is 26.7. The summed E-state index contributed by atoms with van der Waals surface area (Å²) in [5, 5.41) is 0. The van der Waals surface area contributed by atoms with Crippen LogP contribution in [0.2, 0.25) is 0 Å². The smallest absolute Gasteiger partial charge is 0.330 e. The van der Waals surface area contributed by atoms with Crippen LogP contribution in [0.3, 0.4) is 0 Å². The minimum Gasteiger partial charge on any atom is -0.460 e. The fourth-order valence-corrected chi connectivity index (χ4v) is 4.07. The van der Waals surface area contributed by atoms with E-state index < -0.39 is 5.69 Å². The van der Waals surface area contributed by atoms with Crippen molar-refractivity contribution >= 4 is 5.97 Å². The van der Waals surface area contributed by atoms with Crippen LogP contribution in [-0.2, 0) is 21.0 Å². The van der Waals surface area contributed by atoms with Crippen LogP contribution >= 0.6 is 0 Å². The number of aryl methyl sites for hydroxylation is 1. The Hall–Kier alpha value is -1.93. The molecule has 8 nitrogen and oxygen atoms in total. The lowest BCUT2D eigenvalue weighted by Crippen LogP contribution is -2.45. The molecule has 0 saturated heterocycles. The molecule has 0 saturated carbocycles. The average molecular weight is 511 g/mol. The largest absolute Gasteiger partial charge is 0.460 e. The monoisotopic (exact) mass is 510 g/mol. The molecule has 0 radical (unpaired) electrons. The third-order valence-corrected chi connectivity index (χ3v) is 6.70. The highest BCUT2D eigenvalue weighted by atomic mass is 16.5. The Morgan fingerprint density at radius 2 is 1.39 bits per heavy atom. The number of carbonyl (C=O) groups excluding carboxylic acids is 1. The summed E-state index contributed by atoms with van der Waals surface area (Å²) in [4.78, 5) is 37.5. The Kier molecular flexibility index (Phi) is 17.1. The quantitative estimate of drug-likeness (QED) is 0.136. The van der Waals surface area contributed by atoms with E-state index in [9.17, 15) is 14.4 Å². The number of aromatic amines is 1. The van der Waals surface area contributed by atoms with Gasteiger partial charge in [-0.2, -0.15) is 0 Å². The lowest BCUT2D eigenvalue weighted by molar-refractivity contribution is -0.890. The van der Waals surface area contributed by atoms with Crippen LogP contribution in [0.1, 0.15) is 102 Å². The van der Waals surface area contributed by atoms with E-state index >= 15 is 0 Å². The molecule has 36 heavy (non-hydrogen) atoms. The second kappa shape index (κ2) is 19.2. The average Bonchev–Trinajstić information content (AvgIpc) is 2.82. The zero-order valence-electron chi connectivity index (χ0n) is 23.4. The molecule has 1 aromatic heterocycles. The van der Waals surface area contributed by atoms with Crippen molar-refractivity contribution in [2.75, 3.05) is 40.4 Å². The van der Waals surface area contributed by atoms with Gasteiger partial charge in [-0.3, -0.25) is 19.1 Å². The third kappa shape index (κ3) is 15.9. The molecule has 0 amide bonds. The second-order valence-electron chi connectivity index (χ2n) is 10.7. The van der Waals surface area contributed by atoms with E-state index in [0.717, 1.165) is 12.8 Å². The molecule has 0 aliphatic rings. The van der Waals surface area contributed by atoms with Crippen molar-refractivity contribution in [3.8, 4) is 0 Å². The van der Waals surface area contributed by atoms with Crippen LogP contribution in [0.25, 0.3) is 0 Å². The number of esters is 1. The van der Waals surface area contributed by atoms with E-state index in [1.165, 1.54) is 81.4 Å². The highest BCUT2D eigenvalue weighted by molar-refractivity contribution is 5.69. The maximum Gasteiger partial charge on any atom is 0.330 e. The molecular formula is C28H52N3O5+. The number of unbranched alkanes of at least 4 members (excludes halogenated alkanes) is 12. The van der Waals surface area contributed by atoms with Gasteiger partial charge in [0.15, 0.2) is 0 Å². The van der Waals surface area contributed by atoms with Crippen LogP contribution in [-0.4, -0.2) is 60.4 Å². The number of hydrogen-bond acceptors (Lipinski definition) is 5. The Morgan fingerprint density at radius 1 is 0.861 bits per heavy atom. The molecule has 1 aromatic rings. The molecule has 1 N–H and O–H groups in total. The van der Waals surface area contributed by atoms with Gasteiger partial charge in [0.2, 0.25) is 0 Å². The fraction of sp³-hybridized carbons (Fsp3) is 0.821. The maximum absolute atomic E-state index is 12.0. The number of quaternary nitrogens is 1. The molecule has 0 bridgehead atoms. The maximum atomic E-state index is 12.0. The van der Waals surface area contributed by atoms with Gasteiger partial charge >= 0.3 is 11.7 Å². The van der Waals surface area contributed by atoms with Crippen molar-refractivity contribution in [1.29, 1.82) is 0 Å². The number of carbonyl (C=O) groups is 1. The van der Waals surface area contributed by atoms with Crippen LogP contribution in [0.5, 0.6) is 0 Å². The first-order valence-electron chi connectivity index (χ1n) is 14.1. The van der Waals surface area contributed by atoms with Crippen molar-refractivity contribution in [2.24, 2.45) is 0 Å². The molecule has 208 valence electrons. The van der Waals surface area contributed by atoms with Crippen LogP contribution in [0.4, 0.5) is 0 Å². The summed E-state index contributed by atoms with van der Waals surface area (Å²) in [5.41, 5.74) is -0.387. The van der Waals surface area contributed by atoms with Gasteiger partial charge in [-0.25, -0.2) is 4.79 Å². The van der Waals surface area contributed by atoms with E-state index in [1.807, 2.05) is 0 Å². The Balaban J connectivity index is 1.99. The van der Waals surface area contributed by atoms with Gasteiger partial charge in [0.05, 0.1) is 20.7 Å². The Labute approximate surface area is 218 Å². The minimum atomic E-state index is -0.477. The summed E-state index contributed by atoms with van der Waals surface area (Å²) in [7, 11) is 4.11. The molecule has 0 spiro atoms. The number of ether oxygens (including phenoxy) is 2. The lowest BCUT2D eigenvalue weighted by Gasteiger charge is -2.29. The number of nitrogens with zero attached hydrogens (tertiary/aromatic N) is 2. The van der Waals surface area contributed by atoms with Gasteiger partial charge in [0.1, 0.15) is 26.4 Å². The van der Waals surface area contributed by atoms with E-state index in [4.69, 9.17) is 9.47 Å². The molecule has 1 rings (SSSR count). The molecule has 8 heteroatoms. The summed E-state index contributed by atoms with van der Waals surface area (Å²) >= 11 is 0. The molecule has 0 aromatic carbocycles. The van der Waals surface area contributed by atoms with Gasteiger partial charge in [0, 0.05) is 18.2 Å². The summed E-state index contributed by atoms with van der Waals surface area (Å²) in [6.07, 6.45) is 18.8. The Morgan fingerprint density at radius 3 is 1.97 bits per heavy atom. The zero-order valence-corrected chi connectivity index (χ0v) is 23.4. The predicted octanol–water partition coefficient (Wildman–Crippen LogP) is 4.92. The highest BCUT2D eigenvalue weighted by Gasteiger charge is 2.16. The highest BCUT2D eigenvalue weighted by Crippen LogP contribution is 2.13. The number of aromatic nitrogens is 2. The first-order valence-corrected chi connectivity index (χ1v) is 14.1. The third-order valence-electron chi connectivity index (χ3n) is 6.70. The molecule has 0 unspecified atom stereocenters. The standard InChI is InChI=1S/C28H51N3O5/c1-5-6-7-8-9-10-11-12-13-14-15-16-17-18-26(32)36-22-20-31(3,4)19-21-35-24-30-23-25(2)27(33)29-28(30)34/h23H,5-22,24H2,1-4H3/p+1. The predicted molar refractivity (Wildman–Crippen MR) is 145 cm³/mol. The minimum absolute atomic E-state index is 0.0879. The van der Waals surface area contributed by atoms with Gasteiger partial charge in [-0.15, -0.1) is 0 Å². The van der Waals surface area contributed by atoms with Crippen LogP contribution in [0, 0.1) is 6.92 Å². The molecular weight excluding hydrogens is 458 g/mol. The van der Waals surface area contributed by atoms with Gasteiger partial charge in [-0.1, -0.05) is 84.0 Å². The molecule has 0 aliphatic carbocycles. The van der Waals surface area contributed by atoms with E-state index in [-0.39, 0.29) is 18.3 Å². The summed E-state index contributed by atoms with van der Waals surface area (Å²) in [6, 6.07) is 0. The van der Waals surface area contributed by atoms with Crippen molar-refractivity contribution in [3.63, 3.8) is 0 Å². The van der Waals surface area contributed by atoms with Gasteiger partial charge in [-0.05, 0) is 13.3 Å². The van der Waals surface area contributed by atoms with Gasteiger partial charge < -0.3 is 14.0 Å². The number of nitrogens with one attached hydrogen (secondary N) is 1. The topological polar surface area (TPSA) is 90.4 Å². The number of likely N-dealkylation sites (N-methyl/N-ethyl adjacent to an activating group) is 1. The summed E-state index contributed by atoms with van der Waals surface area (Å²) < 4.78 is 13.0. The number of hydrogen-bond donors (Lipinski definition) is 1. The normalized spacial score (nSPS) is 11.7.